The van der Waals surface area contributed by atoms with Crippen LogP contribution in [0, 0.1) is 6.92 Å². The summed E-state index contributed by atoms with van der Waals surface area (Å²) in [7, 11) is 0. The molecule has 0 aliphatic carbocycles. The van der Waals surface area contributed by atoms with Gasteiger partial charge in [0, 0.05) is 23.1 Å². The molecule has 0 aliphatic rings. The fourth-order valence-corrected chi connectivity index (χ4v) is 1.66. The fourth-order valence-electron chi connectivity index (χ4n) is 1.66. The largest absolute Gasteiger partial charge is 0.399 e. The third-order valence-electron chi connectivity index (χ3n) is 2.73. The Morgan fingerprint density at radius 3 is 2.69 bits per heavy atom. The van der Waals surface area contributed by atoms with Crippen LogP contribution in [-0.4, -0.2) is 9.97 Å². The van der Waals surface area contributed by atoms with E-state index in [9.17, 15) is 0 Å². The van der Waals surface area contributed by atoms with Gasteiger partial charge < -0.3 is 10.7 Å². The smallest absolute Gasteiger partial charge is 0.137 e. The number of rotatable bonds is 2. The van der Waals surface area contributed by atoms with Crippen molar-refractivity contribution >= 4 is 5.69 Å². The molecule has 3 nitrogen and oxygen atoms in total. The van der Waals surface area contributed by atoms with Gasteiger partial charge >= 0.3 is 0 Å². The van der Waals surface area contributed by atoms with Crippen LogP contribution >= 0.6 is 0 Å². The van der Waals surface area contributed by atoms with Crippen molar-refractivity contribution in [2.45, 2.75) is 26.7 Å². The molecular formula is C13H17N3. The van der Waals surface area contributed by atoms with Crippen molar-refractivity contribution in [3.05, 3.63) is 35.7 Å². The van der Waals surface area contributed by atoms with Gasteiger partial charge in [-0.1, -0.05) is 19.9 Å². The van der Waals surface area contributed by atoms with Crippen LogP contribution in [0.25, 0.3) is 11.4 Å². The number of aromatic amines is 1. The van der Waals surface area contributed by atoms with Gasteiger partial charge in [-0.2, -0.15) is 0 Å². The average molecular weight is 215 g/mol. The number of nitrogen functional groups attached to an aromatic ring is 1. The maximum Gasteiger partial charge on any atom is 0.137 e. The van der Waals surface area contributed by atoms with Gasteiger partial charge in [0.2, 0.25) is 0 Å². The van der Waals surface area contributed by atoms with Crippen LogP contribution < -0.4 is 5.73 Å². The van der Waals surface area contributed by atoms with Crippen LogP contribution in [0.4, 0.5) is 5.69 Å². The highest BCUT2D eigenvalue weighted by Crippen LogP contribution is 2.24. The van der Waals surface area contributed by atoms with E-state index >= 15 is 0 Å². The number of hydrogen-bond acceptors (Lipinski definition) is 2. The zero-order valence-corrected chi connectivity index (χ0v) is 9.91. The number of benzene rings is 1. The number of nitrogens with one attached hydrogen (secondary N) is 1. The van der Waals surface area contributed by atoms with E-state index < -0.39 is 0 Å². The predicted octanol–water partition coefficient (Wildman–Crippen LogP) is 3.09. The standard InChI is InChI=1S/C13H17N3/c1-8(2)12-7-15-13(16-12)11-6-10(14)5-4-9(11)3/h4-8H,14H2,1-3H3,(H,15,16). The van der Waals surface area contributed by atoms with Crippen molar-refractivity contribution < 1.29 is 0 Å². The van der Waals surface area contributed by atoms with Gasteiger partial charge in [0.15, 0.2) is 0 Å². The normalized spacial score (nSPS) is 11.0. The van der Waals surface area contributed by atoms with Gasteiger partial charge in [0.1, 0.15) is 5.82 Å². The Hall–Kier alpha value is -1.77. The Morgan fingerprint density at radius 1 is 1.31 bits per heavy atom. The fraction of sp³-hybridized carbons (Fsp3) is 0.308. The lowest BCUT2D eigenvalue weighted by Crippen LogP contribution is -1.91. The maximum atomic E-state index is 5.79. The number of hydrogen-bond donors (Lipinski definition) is 2. The van der Waals surface area contributed by atoms with Crippen molar-refractivity contribution in [3.63, 3.8) is 0 Å². The molecule has 2 aromatic rings. The van der Waals surface area contributed by atoms with Gasteiger partial charge in [0.25, 0.3) is 0 Å². The van der Waals surface area contributed by atoms with Crippen molar-refractivity contribution in [2.75, 3.05) is 5.73 Å². The van der Waals surface area contributed by atoms with E-state index in [-0.39, 0.29) is 0 Å². The van der Waals surface area contributed by atoms with Crippen molar-refractivity contribution in [1.82, 2.24) is 9.97 Å². The second-order valence-electron chi connectivity index (χ2n) is 4.42. The van der Waals surface area contributed by atoms with E-state index in [1.165, 1.54) is 5.56 Å². The Morgan fingerprint density at radius 2 is 2.06 bits per heavy atom. The number of anilines is 1. The molecule has 3 heteroatoms. The quantitative estimate of drug-likeness (QED) is 0.756. The molecule has 1 heterocycles. The average Bonchev–Trinajstić information content (AvgIpc) is 2.70. The molecule has 0 radical (unpaired) electrons. The molecule has 0 fully saturated rings. The van der Waals surface area contributed by atoms with Crippen LogP contribution in [0.3, 0.4) is 0 Å². The summed E-state index contributed by atoms with van der Waals surface area (Å²) >= 11 is 0. The molecule has 16 heavy (non-hydrogen) atoms. The van der Waals surface area contributed by atoms with Gasteiger partial charge in [-0.3, -0.25) is 0 Å². The van der Waals surface area contributed by atoms with Gasteiger partial charge in [-0.05, 0) is 30.5 Å². The Kier molecular flexibility index (Phi) is 2.69. The number of aromatic nitrogens is 2. The van der Waals surface area contributed by atoms with Crippen molar-refractivity contribution in [3.8, 4) is 11.4 Å². The highest BCUT2D eigenvalue weighted by molar-refractivity contribution is 5.65. The van der Waals surface area contributed by atoms with E-state index in [1.54, 1.807) is 0 Å². The molecule has 0 unspecified atom stereocenters. The zero-order chi connectivity index (χ0) is 11.7. The lowest BCUT2D eigenvalue weighted by Gasteiger charge is -2.04. The summed E-state index contributed by atoms with van der Waals surface area (Å²) in [4.78, 5) is 7.73. The Bertz CT molecular complexity index is 498. The summed E-state index contributed by atoms with van der Waals surface area (Å²) in [6.45, 7) is 6.35. The first-order valence-corrected chi connectivity index (χ1v) is 5.49. The summed E-state index contributed by atoms with van der Waals surface area (Å²) in [6, 6.07) is 5.88. The number of aryl methyl sites for hydroxylation is 1. The summed E-state index contributed by atoms with van der Waals surface area (Å²) in [5.74, 6) is 1.36. The molecule has 0 saturated heterocycles. The summed E-state index contributed by atoms with van der Waals surface area (Å²) in [5.41, 5.74) is 9.96. The van der Waals surface area contributed by atoms with Gasteiger partial charge in [0.05, 0.1) is 0 Å². The minimum absolute atomic E-state index is 0.461. The van der Waals surface area contributed by atoms with E-state index in [0.717, 1.165) is 22.8 Å². The Labute approximate surface area is 95.7 Å². The predicted molar refractivity (Wildman–Crippen MR) is 67.3 cm³/mol. The molecule has 0 aliphatic heterocycles. The van der Waals surface area contributed by atoms with E-state index in [1.807, 2.05) is 24.4 Å². The minimum atomic E-state index is 0.461. The molecule has 0 spiro atoms. The first-order valence-electron chi connectivity index (χ1n) is 5.49. The third kappa shape index (κ3) is 1.94. The monoisotopic (exact) mass is 215 g/mol. The minimum Gasteiger partial charge on any atom is -0.399 e. The summed E-state index contributed by atoms with van der Waals surface area (Å²) in [6.07, 6.45) is 1.89. The second-order valence-corrected chi connectivity index (χ2v) is 4.42. The molecule has 1 aromatic carbocycles. The van der Waals surface area contributed by atoms with Crippen molar-refractivity contribution in [2.24, 2.45) is 0 Å². The number of H-pyrrole nitrogens is 1. The molecular weight excluding hydrogens is 198 g/mol. The van der Waals surface area contributed by atoms with Crippen LogP contribution in [0.2, 0.25) is 0 Å². The molecule has 0 amide bonds. The van der Waals surface area contributed by atoms with Gasteiger partial charge in [-0.25, -0.2) is 4.98 Å². The van der Waals surface area contributed by atoms with Crippen molar-refractivity contribution in [1.29, 1.82) is 0 Å². The number of imidazole rings is 1. The lowest BCUT2D eigenvalue weighted by molar-refractivity contribution is 0.833. The SMILES string of the molecule is Cc1ccc(N)cc1-c1ncc(C(C)C)[nH]1. The molecule has 0 atom stereocenters. The Balaban J connectivity index is 2.46. The summed E-state index contributed by atoms with van der Waals surface area (Å²) < 4.78 is 0. The third-order valence-corrected chi connectivity index (χ3v) is 2.73. The van der Waals surface area contributed by atoms with Crippen LogP contribution in [0.5, 0.6) is 0 Å². The summed E-state index contributed by atoms with van der Waals surface area (Å²) in [5, 5.41) is 0. The maximum absolute atomic E-state index is 5.79. The molecule has 1 aromatic heterocycles. The molecule has 3 N–H and O–H groups in total. The molecule has 84 valence electrons. The number of nitrogens with zero attached hydrogens (tertiary/aromatic N) is 1. The van der Waals surface area contributed by atoms with E-state index in [2.05, 4.69) is 30.7 Å². The van der Waals surface area contributed by atoms with Gasteiger partial charge in [-0.15, -0.1) is 0 Å². The molecule has 2 rings (SSSR count). The molecule has 0 bridgehead atoms. The lowest BCUT2D eigenvalue weighted by atomic mass is 10.1. The van der Waals surface area contributed by atoms with Crippen LogP contribution in [-0.2, 0) is 0 Å². The highest BCUT2D eigenvalue weighted by atomic mass is 14.9. The topological polar surface area (TPSA) is 54.7 Å². The van der Waals surface area contributed by atoms with E-state index in [0.29, 0.717) is 5.92 Å². The number of nitrogens with two attached hydrogens (primary N) is 1. The second kappa shape index (κ2) is 4.00. The zero-order valence-electron chi connectivity index (χ0n) is 9.91. The van der Waals surface area contributed by atoms with Crippen LogP contribution in [0.15, 0.2) is 24.4 Å². The van der Waals surface area contributed by atoms with Crippen LogP contribution in [0.1, 0.15) is 31.0 Å². The first-order chi connectivity index (χ1) is 7.58. The first kappa shape index (κ1) is 10.7. The highest BCUT2D eigenvalue weighted by Gasteiger charge is 2.08. The molecule has 0 saturated carbocycles. The van der Waals surface area contributed by atoms with E-state index in [4.69, 9.17) is 5.73 Å².